The molecule has 0 aliphatic carbocycles. The molecule has 1 aliphatic heterocycles. The summed E-state index contributed by atoms with van der Waals surface area (Å²) in [6, 6.07) is -1.13. The molecule has 1 fully saturated rings. The maximum atomic E-state index is 11.7. The van der Waals surface area contributed by atoms with Crippen LogP contribution in [0.5, 0.6) is 0 Å². The number of carbonyl (C=O) groups excluding carboxylic acids is 1. The van der Waals surface area contributed by atoms with E-state index >= 15 is 0 Å². The second kappa shape index (κ2) is 8.57. The number of halogens is 1. The summed E-state index contributed by atoms with van der Waals surface area (Å²) >= 11 is 5.44. The summed E-state index contributed by atoms with van der Waals surface area (Å²) in [5.74, 6) is -0.556. The van der Waals surface area contributed by atoms with Crippen LogP contribution in [0, 0.1) is 4.91 Å². The predicted octanol–water partition coefficient (Wildman–Crippen LogP) is -1.68. The standard InChI is InChI=1S/C11H19ClN2O7/c1-20-11-9(17)8(16)7(15)6(21-11)4-13-10(18)5(14-19)2-3-12/h5-9,11,15-17H,2-4H2,1H3,(H,13,18)/t5?,6?,7-,8+,9-,11+/m1/s1. The van der Waals surface area contributed by atoms with Gasteiger partial charge < -0.3 is 30.1 Å². The van der Waals surface area contributed by atoms with Gasteiger partial charge in [-0.2, -0.15) is 0 Å². The number of methoxy groups -OCH3 is 1. The third kappa shape index (κ3) is 4.56. The van der Waals surface area contributed by atoms with Gasteiger partial charge in [-0.05, 0) is 6.42 Å². The largest absolute Gasteiger partial charge is 0.388 e. The molecule has 6 atom stereocenters. The molecule has 1 amide bonds. The number of alkyl halides is 1. The summed E-state index contributed by atoms with van der Waals surface area (Å²) < 4.78 is 10.0. The highest BCUT2D eigenvalue weighted by Crippen LogP contribution is 2.21. The van der Waals surface area contributed by atoms with Crippen LogP contribution >= 0.6 is 11.6 Å². The molecule has 0 saturated carbocycles. The number of rotatable bonds is 7. The van der Waals surface area contributed by atoms with E-state index in [1.807, 2.05) is 0 Å². The van der Waals surface area contributed by atoms with Crippen LogP contribution in [-0.4, -0.2) is 77.5 Å². The maximum Gasteiger partial charge on any atom is 0.248 e. The molecule has 1 rings (SSSR count). The molecule has 0 spiro atoms. The third-order valence-corrected chi connectivity index (χ3v) is 3.41. The Morgan fingerprint density at radius 3 is 2.57 bits per heavy atom. The van der Waals surface area contributed by atoms with E-state index in [4.69, 9.17) is 21.1 Å². The molecule has 0 aromatic carbocycles. The molecule has 10 heteroatoms. The van der Waals surface area contributed by atoms with Crippen LogP contribution < -0.4 is 5.32 Å². The van der Waals surface area contributed by atoms with Crippen molar-refractivity contribution in [2.45, 2.75) is 43.2 Å². The van der Waals surface area contributed by atoms with Gasteiger partial charge in [0.25, 0.3) is 0 Å². The van der Waals surface area contributed by atoms with Crippen molar-refractivity contribution < 1.29 is 29.6 Å². The highest BCUT2D eigenvalue weighted by Gasteiger charge is 2.44. The van der Waals surface area contributed by atoms with Gasteiger partial charge in [-0.1, -0.05) is 5.18 Å². The number of aliphatic hydroxyl groups is 3. The molecule has 2 unspecified atom stereocenters. The number of ether oxygens (including phenoxy) is 2. The summed E-state index contributed by atoms with van der Waals surface area (Å²) in [7, 11) is 1.26. The number of hydrogen-bond donors (Lipinski definition) is 4. The second-order valence-corrected chi connectivity index (χ2v) is 4.97. The van der Waals surface area contributed by atoms with Gasteiger partial charge in [0.05, 0.1) is 0 Å². The topological polar surface area (TPSA) is 138 Å². The van der Waals surface area contributed by atoms with Gasteiger partial charge in [-0.15, -0.1) is 16.5 Å². The third-order valence-electron chi connectivity index (χ3n) is 3.19. The predicted molar refractivity (Wildman–Crippen MR) is 71.6 cm³/mol. The average Bonchev–Trinajstić information content (AvgIpc) is 2.49. The summed E-state index contributed by atoms with van der Waals surface area (Å²) in [5, 5.41) is 34.1. The first-order chi connectivity index (χ1) is 9.96. The molecule has 1 heterocycles. The molecule has 0 radical (unpaired) electrons. The monoisotopic (exact) mass is 326 g/mol. The molecule has 1 aliphatic rings. The minimum Gasteiger partial charge on any atom is -0.388 e. The fourth-order valence-corrected chi connectivity index (χ4v) is 2.14. The van der Waals surface area contributed by atoms with Crippen molar-refractivity contribution in [3.63, 3.8) is 0 Å². The van der Waals surface area contributed by atoms with Crippen LogP contribution in [0.4, 0.5) is 0 Å². The number of nitroso groups, excluding NO2 is 1. The Kier molecular flexibility index (Phi) is 7.43. The molecule has 0 aromatic heterocycles. The lowest BCUT2D eigenvalue weighted by Gasteiger charge is -2.39. The van der Waals surface area contributed by atoms with Crippen molar-refractivity contribution in [3.8, 4) is 0 Å². The van der Waals surface area contributed by atoms with Crippen molar-refractivity contribution >= 4 is 17.5 Å². The van der Waals surface area contributed by atoms with Gasteiger partial charge in [0.15, 0.2) is 12.3 Å². The van der Waals surface area contributed by atoms with E-state index in [1.54, 1.807) is 0 Å². The smallest absolute Gasteiger partial charge is 0.248 e. The lowest BCUT2D eigenvalue weighted by atomic mass is 9.99. The first-order valence-corrected chi connectivity index (χ1v) is 6.88. The second-order valence-electron chi connectivity index (χ2n) is 4.59. The highest BCUT2D eigenvalue weighted by molar-refractivity contribution is 6.18. The SMILES string of the molecule is CO[C@H]1OC(CNC(=O)C(CCCl)N=O)[C@@H](O)[C@H](O)[C@H]1O. The van der Waals surface area contributed by atoms with Gasteiger partial charge in [0.2, 0.25) is 5.91 Å². The van der Waals surface area contributed by atoms with E-state index in [9.17, 15) is 25.0 Å². The molecule has 1 saturated heterocycles. The van der Waals surface area contributed by atoms with Gasteiger partial charge in [-0.25, -0.2) is 0 Å². The minimum atomic E-state index is -1.48. The van der Waals surface area contributed by atoms with E-state index in [1.165, 1.54) is 7.11 Å². The first kappa shape index (κ1) is 18.2. The molecule has 21 heavy (non-hydrogen) atoms. The molecule has 9 nitrogen and oxygen atoms in total. The molecule has 4 N–H and O–H groups in total. The Labute approximate surface area is 126 Å². The maximum absolute atomic E-state index is 11.7. The van der Waals surface area contributed by atoms with E-state index < -0.39 is 42.7 Å². The summed E-state index contributed by atoms with van der Waals surface area (Å²) in [6.07, 6.45) is -6.34. The summed E-state index contributed by atoms with van der Waals surface area (Å²) in [6.45, 7) is -0.183. The number of amides is 1. The minimum absolute atomic E-state index is 0.0903. The lowest BCUT2D eigenvalue weighted by molar-refractivity contribution is -0.288. The Bertz CT molecular complexity index is 357. The zero-order chi connectivity index (χ0) is 16.0. The molecule has 0 aromatic rings. The Hall–Kier alpha value is -0.840. The Balaban J connectivity index is 2.57. The number of nitrogens with zero attached hydrogens (tertiary/aromatic N) is 1. The number of hydrogen-bond acceptors (Lipinski definition) is 8. The van der Waals surface area contributed by atoms with Crippen molar-refractivity contribution in [3.05, 3.63) is 4.91 Å². The average molecular weight is 327 g/mol. The Morgan fingerprint density at radius 1 is 1.38 bits per heavy atom. The molecule has 122 valence electrons. The van der Waals surface area contributed by atoms with Crippen LogP contribution in [0.3, 0.4) is 0 Å². The zero-order valence-corrected chi connectivity index (χ0v) is 12.1. The van der Waals surface area contributed by atoms with E-state index in [-0.39, 0.29) is 18.8 Å². The van der Waals surface area contributed by atoms with Crippen molar-refractivity contribution in [2.24, 2.45) is 5.18 Å². The van der Waals surface area contributed by atoms with Gasteiger partial charge >= 0.3 is 0 Å². The summed E-state index contributed by atoms with van der Waals surface area (Å²) in [5.41, 5.74) is 0. The fraction of sp³-hybridized carbons (Fsp3) is 0.909. The van der Waals surface area contributed by atoms with Crippen molar-refractivity contribution in [2.75, 3.05) is 19.5 Å². The number of aliphatic hydroxyl groups excluding tert-OH is 3. The lowest BCUT2D eigenvalue weighted by Crippen LogP contribution is -2.60. The van der Waals surface area contributed by atoms with Crippen LogP contribution in [-0.2, 0) is 14.3 Å². The first-order valence-electron chi connectivity index (χ1n) is 6.34. The summed E-state index contributed by atoms with van der Waals surface area (Å²) in [4.78, 5) is 22.2. The normalized spacial score (nSPS) is 34.2. The van der Waals surface area contributed by atoms with Crippen LogP contribution in [0.25, 0.3) is 0 Å². The zero-order valence-electron chi connectivity index (χ0n) is 11.4. The fourth-order valence-electron chi connectivity index (χ4n) is 1.93. The van der Waals surface area contributed by atoms with E-state index in [0.29, 0.717) is 0 Å². The van der Waals surface area contributed by atoms with Crippen molar-refractivity contribution in [1.29, 1.82) is 0 Å². The highest BCUT2D eigenvalue weighted by atomic mass is 35.5. The molecular formula is C11H19ClN2O7. The molecular weight excluding hydrogens is 308 g/mol. The van der Waals surface area contributed by atoms with E-state index in [0.717, 1.165) is 0 Å². The van der Waals surface area contributed by atoms with E-state index in [2.05, 4.69) is 10.5 Å². The van der Waals surface area contributed by atoms with Gasteiger partial charge in [-0.3, -0.25) is 4.79 Å². The van der Waals surface area contributed by atoms with Crippen molar-refractivity contribution in [1.82, 2.24) is 5.32 Å². The van der Waals surface area contributed by atoms with Gasteiger partial charge in [0, 0.05) is 19.5 Å². The number of nitrogens with one attached hydrogen (secondary N) is 1. The van der Waals surface area contributed by atoms with Crippen LogP contribution in [0.15, 0.2) is 5.18 Å². The van der Waals surface area contributed by atoms with Gasteiger partial charge in [0.1, 0.15) is 24.4 Å². The van der Waals surface area contributed by atoms with Crippen LogP contribution in [0.1, 0.15) is 6.42 Å². The Morgan fingerprint density at radius 2 is 2.05 bits per heavy atom. The quantitative estimate of drug-likeness (QED) is 0.324. The number of carbonyl (C=O) groups is 1. The molecule has 0 bridgehead atoms. The van der Waals surface area contributed by atoms with Crippen LogP contribution in [0.2, 0.25) is 0 Å².